The second-order valence-electron chi connectivity index (χ2n) is 4.33. The monoisotopic (exact) mass is 272 g/mol. The largest absolute Gasteiger partial charge is 0.330 e. The van der Waals surface area contributed by atoms with Crippen LogP contribution in [0, 0.1) is 5.92 Å². The van der Waals surface area contributed by atoms with E-state index in [-0.39, 0.29) is 11.8 Å². The zero-order valence-electron chi connectivity index (χ0n) is 9.54. The summed E-state index contributed by atoms with van der Waals surface area (Å²) >= 11 is 12.1. The molecular formula is C12H14Cl2N2O. The second kappa shape index (κ2) is 4.84. The van der Waals surface area contributed by atoms with Crippen LogP contribution >= 0.6 is 23.2 Å². The molecule has 0 spiro atoms. The van der Waals surface area contributed by atoms with Crippen LogP contribution in [0.1, 0.15) is 12.5 Å². The van der Waals surface area contributed by atoms with Crippen molar-refractivity contribution in [1.29, 1.82) is 0 Å². The third-order valence-electron chi connectivity index (χ3n) is 3.04. The molecule has 1 aliphatic rings. The maximum absolute atomic E-state index is 11.7. The number of nitrogens with two attached hydrogens (primary N) is 1. The summed E-state index contributed by atoms with van der Waals surface area (Å²) in [4.78, 5) is 13.3. The Morgan fingerprint density at radius 2 is 2.24 bits per heavy atom. The maximum Gasteiger partial charge on any atom is 0.223 e. The average Bonchev–Trinajstić information content (AvgIpc) is 2.26. The molecule has 1 aliphatic heterocycles. The van der Waals surface area contributed by atoms with E-state index in [4.69, 9.17) is 28.9 Å². The van der Waals surface area contributed by atoms with Gasteiger partial charge in [0.2, 0.25) is 5.91 Å². The van der Waals surface area contributed by atoms with Crippen LogP contribution in [-0.4, -0.2) is 19.0 Å². The van der Waals surface area contributed by atoms with Crippen LogP contribution in [0.25, 0.3) is 0 Å². The highest BCUT2D eigenvalue weighted by Crippen LogP contribution is 2.38. The molecule has 1 aromatic rings. The molecule has 2 rings (SSSR count). The first kappa shape index (κ1) is 12.7. The highest BCUT2D eigenvalue weighted by molar-refractivity contribution is 6.37. The van der Waals surface area contributed by atoms with E-state index in [0.29, 0.717) is 23.1 Å². The molecule has 1 amide bonds. The van der Waals surface area contributed by atoms with Gasteiger partial charge in [-0.1, -0.05) is 23.2 Å². The van der Waals surface area contributed by atoms with Gasteiger partial charge in [0.15, 0.2) is 0 Å². The van der Waals surface area contributed by atoms with Crippen molar-refractivity contribution < 1.29 is 4.79 Å². The molecule has 3 nitrogen and oxygen atoms in total. The first-order chi connectivity index (χ1) is 8.02. The van der Waals surface area contributed by atoms with Gasteiger partial charge < -0.3 is 10.6 Å². The minimum Gasteiger partial charge on any atom is -0.330 e. The number of carbonyl (C=O) groups is 1. The van der Waals surface area contributed by atoms with E-state index in [0.717, 1.165) is 17.7 Å². The van der Waals surface area contributed by atoms with Crippen molar-refractivity contribution in [2.75, 3.05) is 18.0 Å². The van der Waals surface area contributed by atoms with Crippen LogP contribution in [0.15, 0.2) is 12.1 Å². The first-order valence-electron chi connectivity index (χ1n) is 5.49. The predicted molar refractivity (Wildman–Crippen MR) is 70.7 cm³/mol. The highest BCUT2D eigenvalue weighted by atomic mass is 35.5. The summed E-state index contributed by atoms with van der Waals surface area (Å²) in [6, 6.07) is 3.53. The van der Waals surface area contributed by atoms with Crippen molar-refractivity contribution in [3.63, 3.8) is 0 Å². The summed E-state index contributed by atoms with van der Waals surface area (Å²) in [6.45, 7) is 2.71. The van der Waals surface area contributed by atoms with E-state index in [9.17, 15) is 4.79 Å². The normalized spacial score (nSPS) is 19.1. The summed E-state index contributed by atoms with van der Waals surface area (Å²) in [7, 11) is 0. The fourth-order valence-electron chi connectivity index (χ4n) is 2.25. The van der Waals surface area contributed by atoms with Crippen molar-refractivity contribution in [3.8, 4) is 0 Å². The Kier molecular flexibility index (Phi) is 3.61. The number of halogens is 2. The first-order valence-corrected chi connectivity index (χ1v) is 6.24. The number of nitrogens with zero attached hydrogens (tertiary/aromatic N) is 1. The molecule has 0 radical (unpaired) electrons. The molecule has 0 fully saturated rings. The van der Waals surface area contributed by atoms with E-state index in [1.54, 1.807) is 11.0 Å². The lowest BCUT2D eigenvalue weighted by Crippen LogP contribution is -2.41. The summed E-state index contributed by atoms with van der Waals surface area (Å²) < 4.78 is 0. The van der Waals surface area contributed by atoms with Crippen LogP contribution < -0.4 is 10.6 Å². The number of rotatable bonds is 1. The number of amides is 1. The summed E-state index contributed by atoms with van der Waals surface area (Å²) in [5, 5.41) is 1.12. The van der Waals surface area contributed by atoms with E-state index in [2.05, 4.69) is 0 Å². The third kappa shape index (κ3) is 2.41. The molecule has 5 heteroatoms. The van der Waals surface area contributed by atoms with E-state index < -0.39 is 0 Å². The van der Waals surface area contributed by atoms with Gasteiger partial charge in [-0.25, -0.2) is 0 Å². The molecule has 0 saturated heterocycles. The Morgan fingerprint density at radius 3 is 2.82 bits per heavy atom. The van der Waals surface area contributed by atoms with Crippen LogP contribution in [0.3, 0.4) is 0 Å². The quantitative estimate of drug-likeness (QED) is 0.854. The van der Waals surface area contributed by atoms with Gasteiger partial charge in [-0.2, -0.15) is 0 Å². The molecule has 0 aliphatic carbocycles. The Labute approximate surface area is 110 Å². The highest BCUT2D eigenvalue weighted by Gasteiger charge is 2.28. The molecule has 92 valence electrons. The molecule has 0 aromatic heterocycles. The number of hydrogen-bond donors (Lipinski definition) is 1. The molecular weight excluding hydrogens is 259 g/mol. The maximum atomic E-state index is 11.7. The van der Waals surface area contributed by atoms with Gasteiger partial charge in [0.1, 0.15) is 0 Å². The molecule has 1 atom stereocenters. The van der Waals surface area contributed by atoms with Gasteiger partial charge >= 0.3 is 0 Å². The molecule has 2 N–H and O–H groups in total. The topological polar surface area (TPSA) is 46.3 Å². The van der Waals surface area contributed by atoms with Crippen molar-refractivity contribution in [2.45, 2.75) is 13.3 Å². The van der Waals surface area contributed by atoms with Gasteiger partial charge in [0.05, 0.1) is 10.7 Å². The number of anilines is 1. The van der Waals surface area contributed by atoms with Crippen LogP contribution in [-0.2, 0) is 11.2 Å². The van der Waals surface area contributed by atoms with Crippen LogP contribution in [0.5, 0.6) is 0 Å². The van der Waals surface area contributed by atoms with Crippen LogP contribution in [0.2, 0.25) is 10.0 Å². The minimum absolute atomic E-state index is 0.0198. The number of hydrogen-bond acceptors (Lipinski definition) is 2. The fourth-order valence-corrected chi connectivity index (χ4v) is 2.88. The molecule has 0 saturated carbocycles. The number of fused-ring (bicyclic) bond motifs is 1. The third-order valence-corrected chi connectivity index (χ3v) is 3.55. The number of carbonyl (C=O) groups excluding carboxylic acids is 1. The molecule has 0 bridgehead atoms. The second-order valence-corrected chi connectivity index (χ2v) is 5.17. The van der Waals surface area contributed by atoms with Gasteiger partial charge in [-0.15, -0.1) is 0 Å². The minimum atomic E-state index is -0.0198. The molecule has 17 heavy (non-hydrogen) atoms. The fraction of sp³-hybridized carbons (Fsp3) is 0.417. The van der Waals surface area contributed by atoms with Crippen molar-refractivity contribution in [2.24, 2.45) is 11.7 Å². The van der Waals surface area contributed by atoms with Gasteiger partial charge in [0, 0.05) is 18.5 Å². The van der Waals surface area contributed by atoms with Crippen molar-refractivity contribution in [3.05, 3.63) is 27.7 Å². The van der Waals surface area contributed by atoms with Crippen molar-refractivity contribution in [1.82, 2.24) is 0 Å². The number of benzene rings is 1. The van der Waals surface area contributed by atoms with Crippen molar-refractivity contribution >= 4 is 34.8 Å². The molecule has 1 unspecified atom stereocenters. The SMILES string of the molecule is CC(=O)N1CC(CN)Cc2cc(Cl)cc(Cl)c21. The van der Waals surface area contributed by atoms with Gasteiger partial charge in [-0.05, 0) is 36.6 Å². The lowest BCUT2D eigenvalue weighted by Gasteiger charge is -2.34. The van der Waals surface area contributed by atoms with E-state index >= 15 is 0 Å². The van der Waals surface area contributed by atoms with E-state index in [1.165, 1.54) is 6.92 Å². The summed E-state index contributed by atoms with van der Waals surface area (Å²) in [5.41, 5.74) is 7.48. The smallest absolute Gasteiger partial charge is 0.223 e. The summed E-state index contributed by atoms with van der Waals surface area (Å²) in [5.74, 6) is 0.245. The standard InChI is InChI=1S/C12H14Cl2N2O/c1-7(17)16-6-8(5-15)2-9-3-10(13)4-11(14)12(9)16/h3-4,8H,2,5-6,15H2,1H3. The van der Waals surface area contributed by atoms with Crippen LogP contribution in [0.4, 0.5) is 5.69 Å². The average molecular weight is 273 g/mol. The van der Waals surface area contributed by atoms with Gasteiger partial charge in [0.25, 0.3) is 0 Å². The molecule has 1 aromatic carbocycles. The Hall–Kier alpha value is -0.770. The Bertz CT molecular complexity index is 462. The molecule has 1 heterocycles. The lowest BCUT2D eigenvalue weighted by molar-refractivity contribution is -0.116. The van der Waals surface area contributed by atoms with E-state index in [1.807, 2.05) is 6.07 Å². The predicted octanol–water partition coefficient (Wildman–Crippen LogP) is 2.48. The Balaban J connectivity index is 2.52. The lowest BCUT2D eigenvalue weighted by atomic mass is 9.92. The van der Waals surface area contributed by atoms with Gasteiger partial charge in [-0.3, -0.25) is 4.79 Å². The zero-order chi connectivity index (χ0) is 12.6. The zero-order valence-corrected chi connectivity index (χ0v) is 11.1. The summed E-state index contributed by atoms with van der Waals surface area (Å²) in [6.07, 6.45) is 0.815. The Morgan fingerprint density at radius 1 is 1.53 bits per heavy atom.